The third-order valence-electron chi connectivity index (χ3n) is 7.32. The number of amides is 3. The number of anilines is 2. The first-order chi connectivity index (χ1) is 24.3. The average molecular weight is 703 g/mol. The molecule has 1 unspecified atom stereocenters. The predicted octanol–water partition coefficient (Wildman–Crippen LogP) is 8.72. The number of hydrogen-bond acceptors (Lipinski definition) is 7. The molecule has 0 aliphatic heterocycles. The van der Waals surface area contributed by atoms with Crippen LogP contribution in [0.5, 0.6) is 5.75 Å². The molecular formula is C39H31FN4O4S2. The van der Waals surface area contributed by atoms with Crippen molar-refractivity contribution in [2.24, 2.45) is 0 Å². The first kappa shape index (κ1) is 34.1. The number of thioether (sulfide) groups is 1. The summed E-state index contributed by atoms with van der Waals surface area (Å²) < 4.78 is 20.0. The van der Waals surface area contributed by atoms with Crippen molar-refractivity contribution in [1.29, 1.82) is 0 Å². The van der Waals surface area contributed by atoms with Crippen LogP contribution in [0.25, 0.3) is 16.3 Å². The van der Waals surface area contributed by atoms with Crippen LogP contribution in [0.4, 0.5) is 15.2 Å². The Hall–Kier alpha value is -5.78. The maximum atomic E-state index is 13.7. The molecule has 0 bridgehead atoms. The lowest BCUT2D eigenvalue weighted by molar-refractivity contribution is -0.116. The van der Waals surface area contributed by atoms with E-state index in [0.29, 0.717) is 28.6 Å². The van der Waals surface area contributed by atoms with Crippen LogP contribution >= 0.6 is 23.1 Å². The number of aromatic nitrogens is 1. The zero-order chi connectivity index (χ0) is 34.9. The molecule has 0 saturated heterocycles. The number of nitrogens with one attached hydrogen (secondary N) is 3. The molecule has 250 valence electrons. The Labute approximate surface area is 296 Å². The smallest absolute Gasteiger partial charge is 0.272 e. The Bertz CT molecular complexity index is 2140. The molecule has 6 rings (SSSR count). The van der Waals surface area contributed by atoms with Gasteiger partial charge in [-0.15, -0.1) is 11.8 Å². The number of nitrogens with zero attached hydrogens (tertiary/aromatic N) is 1. The number of carbonyl (C=O) groups is 3. The average Bonchev–Trinajstić information content (AvgIpc) is 3.54. The van der Waals surface area contributed by atoms with Gasteiger partial charge in [0.2, 0.25) is 5.91 Å². The highest BCUT2D eigenvalue weighted by molar-refractivity contribution is 8.00. The summed E-state index contributed by atoms with van der Waals surface area (Å²) in [7, 11) is 0. The van der Waals surface area contributed by atoms with Crippen LogP contribution in [0.3, 0.4) is 0 Å². The maximum Gasteiger partial charge on any atom is 0.272 e. The van der Waals surface area contributed by atoms with Gasteiger partial charge in [0, 0.05) is 16.1 Å². The summed E-state index contributed by atoms with van der Waals surface area (Å²) in [6.45, 7) is 2.48. The lowest BCUT2D eigenvalue weighted by Crippen LogP contribution is -2.30. The zero-order valence-electron chi connectivity index (χ0n) is 26.8. The van der Waals surface area contributed by atoms with E-state index in [-0.39, 0.29) is 11.6 Å². The van der Waals surface area contributed by atoms with Crippen molar-refractivity contribution >= 4 is 67.9 Å². The summed E-state index contributed by atoms with van der Waals surface area (Å²) in [4.78, 5) is 45.5. The Morgan fingerprint density at radius 3 is 2.26 bits per heavy atom. The van der Waals surface area contributed by atoms with Gasteiger partial charge in [0.25, 0.3) is 11.8 Å². The van der Waals surface area contributed by atoms with Crippen molar-refractivity contribution < 1.29 is 23.5 Å². The second kappa shape index (κ2) is 16.1. The summed E-state index contributed by atoms with van der Waals surface area (Å²) in [6, 6.07) is 36.2. The summed E-state index contributed by atoms with van der Waals surface area (Å²) in [5, 5.41) is 8.38. The van der Waals surface area contributed by atoms with Crippen LogP contribution in [0.15, 0.2) is 138 Å². The molecule has 0 fully saturated rings. The van der Waals surface area contributed by atoms with E-state index >= 15 is 0 Å². The van der Waals surface area contributed by atoms with Gasteiger partial charge in [-0.2, -0.15) is 0 Å². The number of hydrogen-bond donors (Lipinski definition) is 3. The van der Waals surface area contributed by atoms with Crippen LogP contribution in [0.1, 0.15) is 33.7 Å². The highest BCUT2D eigenvalue weighted by atomic mass is 32.2. The fraction of sp³-hybridized carbons (Fsp3) is 0.0769. The van der Waals surface area contributed by atoms with Crippen molar-refractivity contribution in [3.8, 4) is 5.75 Å². The lowest BCUT2D eigenvalue weighted by Gasteiger charge is -2.16. The molecule has 3 N–H and O–H groups in total. The van der Waals surface area contributed by atoms with Crippen LogP contribution in [0, 0.1) is 5.82 Å². The number of halogens is 1. The zero-order valence-corrected chi connectivity index (χ0v) is 28.4. The topological polar surface area (TPSA) is 109 Å². The molecule has 1 aromatic heterocycles. The molecular weight excluding hydrogens is 672 g/mol. The minimum atomic E-state index is -0.596. The summed E-state index contributed by atoms with van der Waals surface area (Å²) >= 11 is 2.74. The van der Waals surface area contributed by atoms with Crippen LogP contribution < -0.4 is 20.7 Å². The minimum Gasteiger partial charge on any atom is -0.494 e. The summed E-state index contributed by atoms with van der Waals surface area (Å²) in [6.07, 6.45) is 1.48. The molecule has 0 radical (unpaired) electrons. The molecule has 6 aromatic rings. The van der Waals surface area contributed by atoms with Gasteiger partial charge < -0.3 is 20.7 Å². The van der Waals surface area contributed by atoms with E-state index in [4.69, 9.17) is 4.74 Å². The largest absolute Gasteiger partial charge is 0.494 e. The van der Waals surface area contributed by atoms with Gasteiger partial charge in [-0.25, -0.2) is 9.37 Å². The summed E-state index contributed by atoms with van der Waals surface area (Å²) in [5.41, 5.74) is 2.95. The SMILES string of the molecule is CCOc1ccc2nc(NC(=O)C(Sc3ccc(NC(=O)/C(=C/c4ccc(F)cc4)NC(=O)c4ccccc4)cc3)c3ccccc3)sc2c1. The van der Waals surface area contributed by atoms with Gasteiger partial charge in [0.15, 0.2) is 5.13 Å². The van der Waals surface area contributed by atoms with Crippen LogP contribution in [-0.4, -0.2) is 29.3 Å². The molecule has 0 aliphatic carbocycles. The second-order valence-electron chi connectivity index (χ2n) is 10.9. The van der Waals surface area contributed by atoms with Crippen molar-refractivity contribution in [2.45, 2.75) is 17.1 Å². The molecule has 50 heavy (non-hydrogen) atoms. The highest BCUT2D eigenvalue weighted by Crippen LogP contribution is 2.38. The van der Waals surface area contributed by atoms with E-state index in [1.807, 2.05) is 67.6 Å². The van der Waals surface area contributed by atoms with E-state index < -0.39 is 22.9 Å². The molecule has 5 aromatic carbocycles. The number of rotatable bonds is 12. The number of ether oxygens (including phenoxy) is 1. The van der Waals surface area contributed by atoms with Gasteiger partial charge in [-0.05, 0) is 90.9 Å². The maximum absolute atomic E-state index is 13.7. The lowest BCUT2D eigenvalue weighted by atomic mass is 10.1. The molecule has 0 aliphatic rings. The Morgan fingerprint density at radius 2 is 1.56 bits per heavy atom. The van der Waals surface area contributed by atoms with E-state index in [1.165, 1.54) is 53.4 Å². The fourth-order valence-corrected chi connectivity index (χ4v) is 6.83. The van der Waals surface area contributed by atoms with E-state index in [9.17, 15) is 18.8 Å². The van der Waals surface area contributed by atoms with Crippen molar-refractivity contribution in [3.63, 3.8) is 0 Å². The predicted molar refractivity (Wildman–Crippen MR) is 198 cm³/mol. The molecule has 0 saturated carbocycles. The Kier molecular flexibility index (Phi) is 11.0. The van der Waals surface area contributed by atoms with Gasteiger partial charge in [0.05, 0.1) is 16.8 Å². The Balaban J connectivity index is 1.17. The molecule has 3 amide bonds. The van der Waals surface area contributed by atoms with Crippen molar-refractivity contribution in [3.05, 3.63) is 156 Å². The molecule has 0 spiro atoms. The van der Waals surface area contributed by atoms with Crippen LogP contribution in [0.2, 0.25) is 0 Å². The standard InChI is InChI=1S/C39H31FN4O4S2/c1-2-48-30-19-22-32-34(24-30)50-39(43-32)44-38(47)35(26-9-5-3-6-10-26)49-31-20-17-29(18-21-31)41-37(46)33(23-25-13-15-28(40)16-14-25)42-36(45)27-11-7-4-8-12-27/h3-24,35H,2H2,1H3,(H,41,46)(H,42,45)(H,43,44,47)/b33-23-. The monoisotopic (exact) mass is 702 g/mol. The quantitative estimate of drug-likeness (QED) is 0.0870. The molecule has 11 heteroatoms. The third-order valence-corrected chi connectivity index (χ3v) is 9.52. The Morgan fingerprint density at radius 1 is 0.860 bits per heavy atom. The fourth-order valence-electron chi connectivity index (χ4n) is 4.91. The highest BCUT2D eigenvalue weighted by Gasteiger charge is 2.24. The van der Waals surface area contributed by atoms with Gasteiger partial charge >= 0.3 is 0 Å². The van der Waals surface area contributed by atoms with Gasteiger partial charge in [-0.1, -0.05) is 72.0 Å². The van der Waals surface area contributed by atoms with E-state index in [0.717, 1.165) is 26.4 Å². The van der Waals surface area contributed by atoms with Gasteiger partial charge in [0.1, 0.15) is 22.5 Å². The number of carbonyl (C=O) groups excluding carboxylic acids is 3. The minimum absolute atomic E-state index is 0.0197. The normalized spacial score (nSPS) is 11.8. The van der Waals surface area contributed by atoms with E-state index in [1.54, 1.807) is 42.5 Å². The van der Waals surface area contributed by atoms with E-state index in [2.05, 4.69) is 20.9 Å². The van der Waals surface area contributed by atoms with Crippen molar-refractivity contribution in [2.75, 3.05) is 17.2 Å². The third kappa shape index (κ3) is 8.81. The molecule has 1 heterocycles. The second-order valence-corrected chi connectivity index (χ2v) is 13.1. The number of fused-ring (bicyclic) bond motifs is 1. The van der Waals surface area contributed by atoms with Crippen LogP contribution in [-0.2, 0) is 9.59 Å². The van der Waals surface area contributed by atoms with Gasteiger partial charge in [-0.3, -0.25) is 14.4 Å². The molecule has 1 atom stereocenters. The molecule has 8 nitrogen and oxygen atoms in total. The number of thiazole rings is 1. The summed E-state index contributed by atoms with van der Waals surface area (Å²) in [5.74, 6) is -0.931. The first-order valence-corrected chi connectivity index (χ1v) is 17.3. The van der Waals surface area contributed by atoms with Crippen molar-refractivity contribution in [1.82, 2.24) is 10.3 Å². The number of benzene rings is 5. The first-order valence-electron chi connectivity index (χ1n) is 15.7.